The Kier molecular flexibility index (Phi) is 2.52. The predicted molar refractivity (Wildman–Crippen MR) is 62.5 cm³/mol. The molecule has 0 atom stereocenters. The fourth-order valence-electron chi connectivity index (χ4n) is 1.84. The number of fused-ring (bicyclic) bond motifs is 1. The Morgan fingerprint density at radius 3 is 2.86 bits per heavy atom. The van der Waals surface area contributed by atoms with Gasteiger partial charge in [-0.25, -0.2) is 0 Å². The molecule has 1 aromatic rings. The van der Waals surface area contributed by atoms with Crippen molar-refractivity contribution in [1.29, 1.82) is 0 Å². The highest BCUT2D eigenvalue weighted by Gasteiger charge is 2.31. The molecule has 0 radical (unpaired) electrons. The molecule has 14 heavy (non-hydrogen) atoms. The van der Waals surface area contributed by atoms with Crippen LogP contribution in [-0.4, -0.2) is 5.60 Å². The maximum Gasteiger partial charge on any atom is 0.127 e. The second kappa shape index (κ2) is 3.42. The molecule has 0 unspecified atom stereocenters. The lowest BCUT2D eigenvalue weighted by atomic mass is 10.0. The van der Waals surface area contributed by atoms with E-state index in [1.807, 2.05) is 12.1 Å². The van der Waals surface area contributed by atoms with Crippen LogP contribution in [0.4, 0.5) is 0 Å². The number of rotatable bonds is 1. The zero-order chi connectivity index (χ0) is 10.3. The molecule has 1 nitrogen and oxygen atoms in total. The van der Waals surface area contributed by atoms with Crippen molar-refractivity contribution in [2.24, 2.45) is 0 Å². The third-order valence-corrected chi connectivity index (χ3v) is 3.17. The first-order valence-corrected chi connectivity index (χ1v) is 6.08. The van der Waals surface area contributed by atoms with Gasteiger partial charge in [0.25, 0.3) is 0 Å². The van der Waals surface area contributed by atoms with E-state index in [1.165, 1.54) is 5.56 Å². The smallest absolute Gasteiger partial charge is 0.127 e. The van der Waals surface area contributed by atoms with Crippen LogP contribution in [0.1, 0.15) is 25.0 Å². The normalized spacial score (nSPS) is 17.7. The van der Waals surface area contributed by atoms with Crippen LogP contribution in [0.25, 0.3) is 0 Å². The predicted octanol–water partition coefficient (Wildman–Crippen LogP) is 3.95. The quantitative estimate of drug-likeness (QED) is 0.705. The third kappa shape index (κ3) is 1.78. The minimum Gasteiger partial charge on any atom is -0.487 e. The summed E-state index contributed by atoms with van der Waals surface area (Å²) >= 11 is 9.47. The van der Waals surface area contributed by atoms with E-state index in [1.54, 1.807) is 0 Å². The van der Waals surface area contributed by atoms with Gasteiger partial charge in [-0.2, -0.15) is 0 Å². The van der Waals surface area contributed by atoms with E-state index < -0.39 is 0 Å². The molecular weight excluding hydrogens is 263 g/mol. The van der Waals surface area contributed by atoms with Crippen molar-refractivity contribution in [3.8, 4) is 5.75 Å². The van der Waals surface area contributed by atoms with E-state index in [4.69, 9.17) is 16.3 Å². The molecule has 0 N–H and O–H groups in total. The molecule has 76 valence electrons. The summed E-state index contributed by atoms with van der Waals surface area (Å²) in [7, 11) is 0. The molecule has 3 heteroatoms. The summed E-state index contributed by atoms with van der Waals surface area (Å²) in [6, 6.07) is 3.95. The topological polar surface area (TPSA) is 9.23 Å². The van der Waals surface area contributed by atoms with Gasteiger partial charge in [-0.15, -0.1) is 0 Å². The Bertz CT molecular complexity index is 374. The summed E-state index contributed by atoms with van der Waals surface area (Å²) in [5, 5.41) is 1.57. The largest absolute Gasteiger partial charge is 0.487 e. The van der Waals surface area contributed by atoms with Crippen molar-refractivity contribution in [3.63, 3.8) is 0 Å². The number of halogens is 2. The first kappa shape index (κ1) is 10.3. The molecule has 1 aromatic carbocycles. The standard InChI is InChI=1S/C11H12BrClO/c1-11(2)5-7-3-9(13)4-8(6-12)10(7)14-11/h3-4H,5-6H2,1-2H3. The number of benzene rings is 1. The van der Waals surface area contributed by atoms with Crippen LogP contribution in [0.2, 0.25) is 5.02 Å². The Hall–Kier alpha value is -0.210. The molecule has 0 saturated heterocycles. The molecule has 0 aromatic heterocycles. The van der Waals surface area contributed by atoms with E-state index in [2.05, 4.69) is 29.8 Å². The van der Waals surface area contributed by atoms with Crippen LogP contribution < -0.4 is 4.74 Å². The van der Waals surface area contributed by atoms with Crippen molar-refractivity contribution in [1.82, 2.24) is 0 Å². The van der Waals surface area contributed by atoms with E-state index in [9.17, 15) is 0 Å². The summed E-state index contributed by atoms with van der Waals surface area (Å²) in [4.78, 5) is 0. The van der Waals surface area contributed by atoms with Gasteiger partial charge in [0.15, 0.2) is 0 Å². The van der Waals surface area contributed by atoms with Gasteiger partial charge < -0.3 is 4.74 Å². The van der Waals surface area contributed by atoms with Crippen LogP contribution in [0.3, 0.4) is 0 Å². The molecule has 0 bridgehead atoms. The number of hydrogen-bond donors (Lipinski definition) is 0. The van der Waals surface area contributed by atoms with Crippen molar-refractivity contribution in [2.45, 2.75) is 31.2 Å². The molecule has 0 saturated carbocycles. The molecule has 0 aliphatic carbocycles. The third-order valence-electron chi connectivity index (χ3n) is 2.35. The molecule has 1 aliphatic rings. The molecule has 0 amide bonds. The number of alkyl halides is 1. The molecular formula is C11H12BrClO. The SMILES string of the molecule is CC1(C)Cc2cc(Cl)cc(CBr)c2O1. The lowest BCUT2D eigenvalue weighted by Crippen LogP contribution is -2.24. The maximum absolute atomic E-state index is 6.02. The Labute approximate surface area is 97.5 Å². The summed E-state index contributed by atoms with van der Waals surface area (Å²) < 4.78 is 5.88. The van der Waals surface area contributed by atoms with Crippen LogP contribution in [0.15, 0.2) is 12.1 Å². The van der Waals surface area contributed by atoms with Crippen LogP contribution >= 0.6 is 27.5 Å². The zero-order valence-electron chi connectivity index (χ0n) is 8.23. The van der Waals surface area contributed by atoms with Crippen molar-refractivity contribution < 1.29 is 4.74 Å². The van der Waals surface area contributed by atoms with E-state index in [0.29, 0.717) is 0 Å². The Morgan fingerprint density at radius 1 is 1.50 bits per heavy atom. The van der Waals surface area contributed by atoms with Crippen LogP contribution in [0.5, 0.6) is 5.75 Å². The second-order valence-corrected chi connectivity index (χ2v) is 5.22. The monoisotopic (exact) mass is 274 g/mol. The highest BCUT2D eigenvalue weighted by molar-refractivity contribution is 9.08. The van der Waals surface area contributed by atoms with E-state index >= 15 is 0 Å². The average molecular weight is 276 g/mol. The highest BCUT2D eigenvalue weighted by Crippen LogP contribution is 2.40. The van der Waals surface area contributed by atoms with Crippen molar-refractivity contribution in [2.75, 3.05) is 0 Å². The number of ether oxygens (including phenoxy) is 1. The molecule has 2 rings (SSSR count). The van der Waals surface area contributed by atoms with Crippen molar-refractivity contribution in [3.05, 3.63) is 28.3 Å². The first-order valence-electron chi connectivity index (χ1n) is 4.58. The first-order chi connectivity index (χ1) is 6.52. The van der Waals surface area contributed by atoms with Gasteiger partial charge >= 0.3 is 0 Å². The molecule has 1 aliphatic heterocycles. The molecule has 0 fully saturated rings. The number of hydrogen-bond acceptors (Lipinski definition) is 1. The second-order valence-electron chi connectivity index (χ2n) is 4.23. The Morgan fingerprint density at radius 2 is 2.21 bits per heavy atom. The maximum atomic E-state index is 6.02. The van der Waals surface area contributed by atoms with Gasteiger partial charge in [-0.3, -0.25) is 0 Å². The average Bonchev–Trinajstić information content (AvgIpc) is 2.37. The van der Waals surface area contributed by atoms with Gasteiger partial charge in [0.1, 0.15) is 11.4 Å². The lowest BCUT2D eigenvalue weighted by Gasteiger charge is -2.17. The summed E-state index contributed by atoms with van der Waals surface area (Å²) in [6.45, 7) is 4.19. The van der Waals surface area contributed by atoms with Gasteiger partial charge in [0.2, 0.25) is 0 Å². The molecule has 1 heterocycles. The van der Waals surface area contributed by atoms with Crippen molar-refractivity contribution >= 4 is 27.5 Å². The summed E-state index contributed by atoms with van der Waals surface area (Å²) in [5.41, 5.74) is 2.26. The minimum absolute atomic E-state index is 0.0933. The Balaban J connectivity index is 2.50. The van der Waals surface area contributed by atoms with E-state index in [0.717, 1.165) is 28.1 Å². The minimum atomic E-state index is -0.0933. The van der Waals surface area contributed by atoms with Gasteiger partial charge in [0, 0.05) is 22.3 Å². The fraction of sp³-hybridized carbons (Fsp3) is 0.455. The van der Waals surface area contributed by atoms with Crippen LogP contribution in [0, 0.1) is 0 Å². The summed E-state index contributed by atoms with van der Waals surface area (Å²) in [6.07, 6.45) is 0.933. The molecule has 0 spiro atoms. The lowest BCUT2D eigenvalue weighted by molar-refractivity contribution is 0.137. The van der Waals surface area contributed by atoms with Gasteiger partial charge in [-0.05, 0) is 31.5 Å². The van der Waals surface area contributed by atoms with Crippen LogP contribution in [-0.2, 0) is 11.8 Å². The highest BCUT2D eigenvalue weighted by atomic mass is 79.9. The fourth-order valence-corrected chi connectivity index (χ4v) is 2.52. The summed E-state index contributed by atoms with van der Waals surface area (Å²) in [5.74, 6) is 1.01. The van der Waals surface area contributed by atoms with Gasteiger partial charge in [-0.1, -0.05) is 27.5 Å². The van der Waals surface area contributed by atoms with Gasteiger partial charge in [0.05, 0.1) is 0 Å². The van der Waals surface area contributed by atoms with E-state index in [-0.39, 0.29) is 5.60 Å². The zero-order valence-corrected chi connectivity index (χ0v) is 10.6.